The smallest absolute Gasteiger partial charge is 0.235 e. The van der Waals surface area contributed by atoms with Crippen LogP contribution in [0, 0.1) is 5.82 Å². The predicted octanol–water partition coefficient (Wildman–Crippen LogP) is 3.54. The zero-order chi connectivity index (χ0) is 16.4. The number of hydrogen-bond acceptors (Lipinski definition) is 3. The van der Waals surface area contributed by atoms with Gasteiger partial charge in [0.05, 0.1) is 11.4 Å². The fraction of sp³-hybridized carbons (Fsp3) is 0.294. The third-order valence-corrected chi connectivity index (χ3v) is 5.85. The van der Waals surface area contributed by atoms with Gasteiger partial charge in [-0.3, -0.25) is 4.31 Å². The maximum Gasteiger partial charge on any atom is 0.235 e. The lowest BCUT2D eigenvalue weighted by molar-refractivity contribution is 0.595. The van der Waals surface area contributed by atoms with Crippen molar-refractivity contribution in [3.05, 3.63) is 59.9 Å². The maximum atomic E-state index is 14.1. The average molecular weight is 334 g/mol. The van der Waals surface area contributed by atoms with Crippen LogP contribution in [-0.2, 0) is 10.0 Å². The van der Waals surface area contributed by atoms with E-state index in [1.807, 2.05) is 37.3 Å². The molecule has 1 saturated heterocycles. The number of benzene rings is 2. The third kappa shape index (κ3) is 3.32. The number of hydrogen-bond donors (Lipinski definition) is 1. The predicted molar refractivity (Wildman–Crippen MR) is 90.6 cm³/mol. The molecule has 0 radical (unpaired) electrons. The molecule has 0 aliphatic carbocycles. The number of anilines is 2. The molecule has 2 aromatic carbocycles. The average Bonchev–Trinajstić information content (AvgIpc) is 2.89. The van der Waals surface area contributed by atoms with Gasteiger partial charge in [-0.2, -0.15) is 0 Å². The summed E-state index contributed by atoms with van der Waals surface area (Å²) in [4.78, 5) is 0. The van der Waals surface area contributed by atoms with Gasteiger partial charge in [0.1, 0.15) is 5.82 Å². The van der Waals surface area contributed by atoms with Crippen LogP contribution in [0.5, 0.6) is 0 Å². The highest BCUT2D eigenvalue weighted by Gasteiger charge is 2.30. The Morgan fingerprint density at radius 2 is 1.91 bits per heavy atom. The molecular weight excluding hydrogens is 315 g/mol. The SMILES string of the molecule is C[C@H](Nc1ccc(F)c(N2CCCS2(=O)=O)c1)c1ccccc1. The number of halogens is 1. The normalized spacial score (nSPS) is 17.9. The molecule has 1 fully saturated rings. The van der Waals surface area contributed by atoms with E-state index < -0.39 is 15.8 Å². The first-order valence-electron chi connectivity index (χ1n) is 7.59. The van der Waals surface area contributed by atoms with E-state index >= 15 is 0 Å². The first-order chi connectivity index (χ1) is 11.0. The Bertz CT molecular complexity index is 793. The number of nitrogens with zero attached hydrogens (tertiary/aromatic N) is 1. The molecule has 1 aliphatic heterocycles. The highest BCUT2D eigenvalue weighted by atomic mass is 32.2. The Balaban J connectivity index is 1.86. The molecule has 2 aromatic rings. The molecule has 122 valence electrons. The molecule has 1 atom stereocenters. The van der Waals surface area contributed by atoms with Crippen LogP contribution in [0.2, 0.25) is 0 Å². The van der Waals surface area contributed by atoms with Crippen molar-refractivity contribution >= 4 is 21.4 Å². The second-order valence-corrected chi connectivity index (χ2v) is 7.70. The van der Waals surface area contributed by atoms with Crippen LogP contribution in [0.4, 0.5) is 15.8 Å². The van der Waals surface area contributed by atoms with Crippen LogP contribution in [0.15, 0.2) is 48.5 Å². The minimum absolute atomic E-state index is 0.0321. The van der Waals surface area contributed by atoms with Crippen LogP contribution in [-0.4, -0.2) is 20.7 Å². The van der Waals surface area contributed by atoms with Gasteiger partial charge in [0, 0.05) is 18.3 Å². The van der Waals surface area contributed by atoms with Gasteiger partial charge in [-0.1, -0.05) is 30.3 Å². The summed E-state index contributed by atoms with van der Waals surface area (Å²) in [5.74, 6) is -0.446. The second kappa shape index (κ2) is 6.20. The molecule has 0 amide bonds. The minimum Gasteiger partial charge on any atom is -0.378 e. The summed E-state index contributed by atoms with van der Waals surface area (Å²) in [6.45, 7) is 2.34. The standard InChI is InChI=1S/C17H19FN2O2S/c1-13(14-6-3-2-4-7-14)19-15-8-9-16(18)17(12-15)20-10-5-11-23(20,21)22/h2-4,6-9,12-13,19H,5,10-11H2,1H3/t13-/m0/s1. The molecule has 0 aromatic heterocycles. The topological polar surface area (TPSA) is 49.4 Å². The van der Waals surface area contributed by atoms with E-state index in [0.29, 0.717) is 18.7 Å². The molecule has 1 N–H and O–H groups in total. The van der Waals surface area contributed by atoms with E-state index in [-0.39, 0.29) is 17.5 Å². The van der Waals surface area contributed by atoms with Gasteiger partial charge in [-0.05, 0) is 37.1 Å². The number of sulfonamides is 1. The van der Waals surface area contributed by atoms with Crippen LogP contribution >= 0.6 is 0 Å². The molecule has 0 saturated carbocycles. The van der Waals surface area contributed by atoms with Crippen molar-refractivity contribution in [1.29, 1.82) is 0 Å². The van der Waals surface area contributed by atoms with Crippen LogP contribution < -0.4 is 9.62 Å². The van der Waals surface area contributed by atoms with E-state index in [0.717, 1.165) is 5.56 Å². The first-order valence-corrected chi connectivity index (χ1v) is 9.20. The minimum atomic E-state index is -3.39. The Morgan fingerprint density at radius 3 is 2.57 bits per heavy atom. The van der Waals surface area contributed by atoms with Crippen LogP contribution in [0.3, 0.4) is 0 Å². The van der Waals surface area contributed by atoms with Gasteiger partial charge in [-0.25, -0.2) is 12.8 Å². The lowest BCUT2D eigenvalue weighted by Gasteiger charge is -2.20. The summed E-state index contributed by atoms with van der Waals surface area (Å²) in [5, 5.41) is 3.29. The lowest BCUT2D eigenvalue weighted by atomic mass is 10.1. The molecule has 0 unspecified atom stereocenters. The van der Waals surface area contributed by atoms with Crippen molar-refractivity contribution in [3.8, 4) is 0 Å². The molecule has 0 bridgehead atoms. The Hall–Kier alpha value is -2.08. The van der Waals surface area contributed by atoms with E-state index in [2.05, 4.69) is 5.32 Å². The highest BCUT2D eigenvalue weighted by Crippen LogP contribution is 2.30. The lowest BCUT2D eigenvalue weighted by Crippen LogP contribution is -2.26. The fourth-order valence-corrected chi connectivity index (χ4v) is 4.34. The number of rotatable bonds is 4. The summed E-state index contributed by atoms with van der Waals surface area (Å²) in [6.07, 6.45) is 0.528. The van der Waals surface area contributed by atoms with Gasteiger partial charge >= 0.3 is 0 Å². The largest absolute Gasteiger partial charge is 0.378 e. The monoisotopic (exact) mass is 334 g/mol. The second-order valence-electron chi connectivity index (χ2n) is 5.68. The summed E-state index contributed by atoms with van der Waals surface area (Å²) >= 11 is 0. The van der Waals surface area contributed by atoms with Crippen LogP contribution in [0.1, 0.15) is 24.9 Å². The molecule has 1 aliphatic rings. The van der Waals surface area contributed by atoms with Crippen LogP contribution in [0.25, 0.3) is 0 Å². The van der Waals surface area contributed by atoms with E-state index in [1.165, 1.54) is 10.4 Å². The first kappa shape index (κ1) is 15.8. The third-order valence-electron chi connectivity index (χ3n) is 4.00. The van der Waals surface area contributed by atoms with Gasteiger partial charge in [0.25, 0.3) is 0 Å². The van der Waals surface area contributed by atoms with Gasteiger partial charge < -0.3 is 5.32 Å². The van der Waals surface area contributed by atoms with Crippen molar-refractivity contribution < 1.29 is 12.8 Å². The van der Waals surface area contributed by atoms with Crippen molar-refractivity contribution in [3.63, 3.8) is 0 Å². The fourth-order valence-electron chi connectivity index (χ4n) is 2.78. The maximum absolute atomic E-state index is 14.1. The summed E-state index contributed by atoms with van der Waals surface area (Å²) < 4.78 is 39.3. The Labute approximate surface area is 136 Å². The van der Waals surface area contributed by atoms with Gasteiger partial charge in [-0.15, -0.1) is 0 Å². The molecule has 3 rings (SSSR count). The van der Waals surface area contributed by atoms with E-state index in [4.69, 9.17) is 0 Å². The highest BCUT2D eigenvalue weighted by molar-refractivity contribution is 7.93. The molecule has 1 heterocycles. The summed E-state index contributed by atoms with van der Waals surface area (Å²) in [5.41, 5.74) is 1.92. The molecule has 4 nitrogen and oxygen atoms in total. The molecular formula is C17H19FN2O2S. The van der Waals surface area contributed by atoms with E-state index in [1.54, 1.807) is 12.1 Å². The molecule has 0 spiro atoms. The zero-order valence-corrected chi connectivity index (χ0v) is 13.7. The van der Waals surface area contributed by atoms with Gasteiger partial charge in [0.2, 0.25) is 10.0 Å². The van der Waals surface area contributed by atoms with Crippen molar-refractivity contribution in [2.75, 3.05) is 21.9 Å². The number of nitrogens with one attached hydrogen (secondary N) is 1. The van der Waals surface area contributed by atoms with Crippen molar-refractivity contribution in [1.82, 2.24) is 0 Å². The molecule has 23 heavy (non-hydrogen) atoms. The summed E-state index contributed by atoms with van der Waals surface area (Å²) in [7, 11) is -3.39. The quantitative estimate of drug-likeness (QED) is 0.930. The zero-order valence-electron chi connectivity index (χ0n) is 12.9. The summed E-state index contributed by atoms with van der Waals surface area (Å²) in [6, 6.07) is 14.4. The Kier molecular flexibility index (Phi) is 4.26. The van der Waals surface area contributed by atoms with Crippen molar-refractivity contribution in [2.24, 2.45) is 0 Å². The van der Waals surface area contributed by atoms with E-state index in [9.17, 15) is 12.8 Å². The molecule has 6 heteroatoms. The Morgan fingerprint density at radius 1 is 1.17 bits per heavy atom. The van der Waals surface area contributed by atoms with Gasteiger partial charge in [0.15, 0.2) is 0 Å². The van der Waals surface area contributed by atoms with Crippen molar-refractivity contribution in [2.45, 2.75) is 19.4 Å².